The zero-order valence-electron chi connectivity index (χ0n) is 30.6. The highest BCUT2D eigenvalue weighted by Crippen LogP contribution is 2.38. The molecule has 2 aliphatic heterocycles. The summed E-state index contributed by atoms with van der Waals surface area (Å²) in [5.74, 6) is -0.829. The highest BCUT2D eigenvalue weighted by molar-refractivity contribution is 6.06. The van der Waals surface area contributed by atoms with E-state index in [2.05, 4.69) is 101 Å². The average molecular weight is 729 g/mol. The zero-order valence-corrected chi connectivity index (χ0v) is 30.6. The number of nitrogens with zero attached hydrogens (tertiary/aromatic N) is 2. The summed E-state index contributed by atoms with van der Waals surface area (Å²) in [6, 6.07) is 46.7. The van der Waals surface area contributed by atoms with E-state index in [0.717, 1.165) is 89.4 Å². The lowest BCUT2D eigenvalue weighted by atomic mass is 10.00. The van der Waals surface area contributed by atoms with Gasteiger partial charge in [-0.3, -0.25) is 9.59 Å². The Hall–Kier alpha value is -7.38. The molecule has 9 rings (SSSR count). The van der Waals surface area contributed by atoms with Crippen molar-refractivity contribution in [1.82, 2.24) is 19.9 Å². The maximum absolute atomic E-state index is 13.0. The van der Waals surface area contributed by atoms with Crippen LogP contribution in [0.1, 0.15) is 46.5 Å². The van der Waals surface area contributed by atoms with E-state index in [0.29, 0.717) is 5.56 Å². The second-order valence-electron chi connectivity index (χ2n) is 13.6. The van der Waals surface area contributed by atoms with Crippen molar-refractivity contribution in [2.24, 2.45) is 0 Å². The number of aromatic amines is 2. The second kappa shape index (κ2) is 14.8. The fourth-order valence-corrected chi connectivity index (χ4v) is 7.50. The van der Waals surface area contributed by atoms with Crippen LogP contribution in [0, 0.1) is 0 Å². The van der Waals surface area contributed by atoms with Gasteiger partial charge in [-0.15, -0.1) is 0 Å². The third-order valence-electron chi connectivity index (χ3n) is 10.0. The predicted octanol–water partition coefficient (Wildman–Crippen LogP) is 11.5. The van der Waals surface area contributed by atoms with Gasteiger partial charge in [0.15, 0.2) is 5.78 Å². The van der Waals surface area contributed by atoms with Crippen LogP contribution >= 0.6 is 0 Å². The molecule has 0 unspecified atom stereocenters. The van der Waals surface area contributed by atoms with Crippen molar-refractivity contribution < 1.29 is 14.3 Å². The Morgan fingerprint density at radius 1 is 0.464 bits per heavy atom. The van der Waals surface area contributed by atoms with Crippen molar-refractivity contribution in [2.45, 2.75) is 13.3 Å². The van der Waals surface area contributed by atoms with Crippen LogP contribution in [0.3, 0.4) is 0 Å². The highest BCUT2D eigenvalue weighted by atomic mass is 16.5. The van der Waals surface area contributed by atoms with Crippen LogP contribution in [0.4, 0.5) is 0 Å². The van der Waals surface area contributed by atoms with Crippen LogP contribution in [0.5, 0.6) is 0 Å². The summed E-state index contributed by atoms with van der Waals surface area (Å²) in [5.41, 5.74) is 15.1. The van der Waals surface area contributed by atoms with Gasteiger partial charge in [0.25, 0.3) is 0 Å². The van der Waals surface area contributed by atoms with Gasteiger partial charge in [-0.2, -0.15) is 0 Å². The molecule has 0 spiro atoms. The summed E-state index contributed by atoms with van der Waals surface area (Å²) < 4.78 is 5.02. The number of Topliss-reactive ketones (excluding diaryl/α,β-unsaturated/α-hetero) is 1. The number of aromatic nitrogens is 4. The molecule has 0 fully saturated rings. The predicted molar refractivity (Wildman–Crippen MR) is 226 cm³/mol. The van der Waals surface area contributed by atoms with E-state index in [-0.39, 0.29) is 18.8 Å². The molecule has 270 valence electrons. The third kappa shape index (κ3) is 6.56. The number of nitrogens with one attached hydrogen (secondary N) is 2. The molecule has 56 heavy (non-hydrogen) atoms. The standard InChI is InChI=1S/C49H36N4O3/c1-2-56-45(55)30-44(54)31-18-20-35(21-19-31)49-42-28-26-40(52-42)47(33-14-8-4-9-15-33)38-24-22-36(50-38)46(32-12-6-3-7-13-32)37-23-25-39(51-37)48(34-16-10-5-11-17-34)41-27-29-43(49)53-41/h3-29,50,53H,2,30H2,1H3. The monoisotopic (exact) mass is 728 g/mol. The lowest BCUT2D eigenvalue weighted by Crippen LogP contribution is -2.11. The topological polar surface area (TPSA) is 101 Å². The van der Waals surface area contributed by atoms with Gasteiger partial charge >= 0.3 is 5.97 Å². The van der Waals surface area contributed by atoms with Crippen molar-refractivity contribution in [3.05, 3.63) is 168 Å². The Bertz CT molecular complexity index is 2810. The summed E-state index contributed by atoms with van der Waals surface area (Å²) in [4.78, 5) is 43.3. The quantitative estimate of drug-likeness (QED) is 0.0921. The molecular formula is C49H36N4O3. The third-order valence-corrected chi connectivity index (χ3v) is 10.0. The minimum absolute atomic E-state index is 0.226. The molecule has 8 bridgehead atoms. The van der Waals surface area contributed by atoms with Crippen molar-refractivity contribution in [3.8, 4) is 44.5 Å². The molecule has 2 aliphatic rings. The molecule has 3 aromatic heterocycles. The van der Waals surface area contributed by atoms with E-state index in [9.17, 15) is 9.59 Å². The number of hydrogen-bond acceptors (Lipinski definition) is 5. The van der Waals surface area contributed by atoms with Gasteiger partial charge in [-0.25, -0.2) is 9.97 Å². The molecule has 2 N–H and O–H groups in total. The molecule has 7 nitrogen and oxygen atoms in total. The van der Waals surface area contributed by atoms with Gasteiger partial charge in [0.1, 0.15) is 6.42 Å². The van der Waals surface area contributed by atoms with Gasteiger partial charge in [0.2, 0.25) is 0 Å². The van der Waals surface area contributed by atoms with Gasteiger partial charge in [-0.05, 0) is 77.7 Å². The minimum Gasteiger partial charge on any atom is -0.466 e. The Morgan fingerprint density at radius 3 is 1.14 bits per heavy atom. The van der Waals surface area contributed by atoms with Crippen LogP contribution in [-0.2, 0) is 9.53 Å². The van der Waals surface area contributed by atoms with E-state index in [1.807, 2.05) is 60.7 Å². The highest BCUT2D eigenvalue weighted by Gasteiger charge is 2.19. The number of esters is 1. The fraction of sp³-hybridized carbons (Fsp3) is 0.0612. The minimum atomic E-state index is -0.535. The van der Waals surface area contributed by atoms with Crippen molar-refractivity contribution >= 4 is 58.1 Å². The number of fused-ring (bicyclic) bond motifs is 8. The summed E-state index contributed by atoms with van der Waals surface area (Å²) in [6.45, 7) is 1.95. The Morgan fingerprint density at radius 2 is 0.804 bits per heavy atom. The van der Waals surface area contributed by atoms with E-state index < -0.39 is 5.97 Å². The molecule has 7 aromatic rings. The number of benzene rings is 4. The largest absolute Gasteiger partial charge is 0.466 e. The molecule has 0 radical (unpaired) electrons. The van der Waals surface area contributed by atoms with Crippen LogP contribution in [0.25, 0.3) is 90.9 Å². The first kappa shape index (κ1) is 34.4. The number of hydrogen-bond donors (Lipinski definition) is 2. The second-order valence-corrected chi connectivity index (χ2v) is 13.6. The maximum Gasteiger partial charge on any atom is 0.313 e. The smallest absolute Gasteiger partial charge is 0.313 e. The van der Waals surface area contributed by atoms with Crippen LogP contribution < -0.4 is 0 Å². The van der Waals surface area contributed by atoms with E-state index >= 15 is 0 Å². The van der Waals surface area contributed by atoms with E-state index in [4.69, 9.17) is 14.7 Å². The molecule has 4 aromatic carbocycles. The number of carbonyl (C=O) groups is 2. The summed E-state index contributed by atoms with van der Waals surface area (Å²) in [7, 11) is 0. The first-order valence-electron chi connectivity index (χ1n) is 18.7. The van der Waals surface area contributed by atoms with Crippen LogP contribution in [0.2, 0.25) is 0 Å². The molecule has 0 saturated carbocycles. The molecular weight excluding hydrogens is 693 g/mol. The number of carbonyl (C=O) groups excluding carboxylic acids is 2. The van der Waals surface area contributed by atoms with E-state index in [1.54, 1.807) is 19.1 Å². The Balaban J connectivity index is 1.37. The number of rotatable bonds is 8. The molecule has 0 saturated heterocycles. The summed E-state index contributed by atoms with van der Waals surface area (Å²) in [5, 5.41) is 0. The first-order valence-corrected chi connectivity index (χ1v) is 18.7. The lowest BCUT2D eigenvalue weighted by Gasteiger charge is -2.07. The summed E-state index contributed by atoms with van der Waals surface area (Å²) >= 11 is 0. The summed E-state index contributed by atoms with van der Waals surface area (Å²) in [6.07, 6.45) is 7.98. The van der Waals surface area contributed by atoms with E-state index in [1.165, 1.54) is 0 Å². The Kier molecular flexibility index (Phi) is 9.09. The molecule has 7 heteroatoms. The molecule has 0 aliphatic carbocycles. The zero-order chi connectivity index (χ0) is 38.0. The first-order chi connectivity index (χ1) is 27.5. The van der Waals surface area contributed by atoms with Crippen molar-refractivity contribution in [1.29, 1.82) is 0 Å². The van der Waals surface area contributed by atoms with Gasteiger partial charge < -0.3 is 14.7 Å². The van der Waals surface area contributed by atoms with Crippen molar-refractivity contribution in [2.75, 3.05) is 6.61 Å². The average Bonchev–Trinajstić information content (AvgIpc) is 4.08. The van der Waals surface area contributed by atoms with Crippen LogP contribution in [-0.4, -0.2) is 38.3 Å². The maximum atomic E-state index is 13.0. The fourth-order valence-electron chi connectivity index (χ4n) is 7.50. The number of ether oxygens (including phenoxy) is 1. The molecule has 5 heterocycles. The molecule has 0 amide bonds. The van der Waals surface area contributed by atoms with Gasteiger partial charge in [-0.1, -0.05) is 115 Å². The van der Waals surface area contributed by atoms with Gasteiger partial charge in [0, 0.05) is 49.9 Å². The van der Waals surface area contributed by atoms with Crippen molar-refractivity contribution in [3.63, 3.8) is 0 Å². The SMILES string of the molecule is CCOC(=O)CC(=O)c1ccc(-c2c3nc(c(-c4ccccc4)c4ccc([nH]4)c(-c4ccccc4)c4nc(c(-c5ccccc5)c5ccc2[nH]5)C=C4)C=C3)cc1. The normalized spacial score (nSPS) is 11.8. The number of ketones is 1. The Labute approximate surface area is 323 Å². The molecule has 0 atom stereocenters. The lowest BCUT2D eigenvalue weighted by molar-refractivity contribution is -0.141. The van der Waals surface area contributed by atoms with Crippen LogP contribution in [0.15, 0.2) is 140 Å². The van der Waals surface area contributed by atoms with Gasteiger partial charge in [0.05, 0.1) is 29.4 Å². The number of H-pyrrole nitrogens is 2.